The topological polar surface area (TPSA) is 49.6 Å². The molecule has 2 aromatic heterocycles. The number of nitrogens with zero attached hydrogens (tertiary/aromatic N) is 3. The minimum Gasteiger partial charge on any atom is 1.00 e. The quantitative estimate of drug-likeness (QED) is 0.0949. The van der Waals surface area contributed by atoms with E-state index in [9.17, 15) is 25.2 Å². The molecule has 329 valence electrons. The van der Waals surface area contributed by atoms with Gasteiger partial charge in [-0.25, -0.2) is 0 Å². The second-order valence-electron chi connectivity index (χ2n) is 15.5. The smallest absolute Gasteiger partial charge is 1.00 e. The van der Waals surface area contributed by atoms with Crippen LogP contribution in [0.15, 0.2) is 182 Å². The van der Waals surface area contributed by atoms with Crippen molar-refractivity contribution in [2.45, 2.75) is 65.7 Å². The van der Waals surface area contributed by atoms with E-state index in [0.29, 0.717) is 0 Å². The van der Waals surface area contributed by atoms with Crippen LogP contribution >= 0.6 is 23.7 Å². The molecule has 62 heavy (non-hydrogen) atoms. The maximum absolute atomic E-state index is 10.7. The number of benzene rings is 4. The van der Waals surface area contributed by atoms with Gasteiger partial charge in [0.15, 0.2) is 0 Å². The van der Waals surface area contributed by atoms with Crippen LogP contribution in [0.4, 0.5) is 25.2 Å². The van der Waals surface area contributed by atoms with E-state index in [1.54, 1.807) is 6.07 Å². The Labute approximate surface area is 379 Å². The average molecular weight is 992 g/mol. The molecule has 6 aromatic rings. The molecule has 0 aliphatic heterocycles. The summed E-state index contributed by atoms with van der Waals surface area (Å²) in [5.41, 5.74) is 4.76. The maximum Gasteiger partial charge on any atom is 1.00 e. The Balaban J connectivity index is 0.000000318. The first-order valence-corrected chi connectivity index (χ1v) is 24.1. The number of hydrogen-bond donors (Lipinski definition) is 0. The van der Waals surface area contributed by atoms with Gasteiger partial charge in [0.2, 0.25) is 0 Å². The molecule has 13 heteroatoms. The van der Waals surface area contributed by atoms with E-state index in [-0.39, 0.29) is 30.3 Å². The van der Waals surface area contributed by atoms with Crippen molar-refractivity contribution in [1.29, 1.82) is 5.26 Å². The van der Waals surface area contributed by atoms with Crippen LogP contribution in [0.1, 0.15) is 66.3 Å². The molecule has 0 N–H and O–H groups in total. The molecule has 1 radical (unpaired) electrons. The Morgan fingerprint density at radius 1 is 0.468 bits per heavy atom. The Bertz CT molecular complexity index is 2090. The third kappa shape index (κ3) is 21.1. The molecular formula is C49H53F6N3P3Ru. The molecule has 0 unspecified atom stereocenters. The monoisotopic (exact) mass is 992 g/mol. The fourth-order valence-corrected chi connectivity index (χ4v) is 9.88. The molecule has 0 saturated carbocycles. The molecule has 3 nitrogen and oxygen atoms in total. The minimum atomic E-state index is -10.7. The number of hydrogen-bond acceptors (Lipinski definition) is 3. The predicted octanol–water partition coefficient (Wildman–Crippen LogP) is 13.7. The van der Waals surface area contributed by atoms with Crippen LogP contribution in [0.5, 0.6) is 0 Å². The third-order valence-electron chi connectivity index (χ3n) is 8.18. The summed E-state index contributed by atoms with van der Waals surface area (Å²) in [6.45, 7) is 14.7. The molecule has 0 saturated heterocycles. The zero-order chi connectivity index (χ0) is 45.2. The maximum atomic E-state index is 9.87. The van der Waals surface area contributed by atoms with Crippen LogP contribution in [-0.2, 0) is 30.3 Å². The van der Waals surface area contributed by atoms with Crippen molar-refractivity contribution in [1.82, 2.24) is 9.97 Å². The second kappa shape index (κ2) is 23.4. The molecule has 7 rings (SSSR count). The van der Waals surface area contributed by atoms with Crippen LogP contribution < -0.4 is 32.1 Å². The van der Waals surface area contributed by atoms with E-state index >= 15 is 0 Å². The summed E-state index contributed by atoms with van der Waals surface area (Å²) in [6, 6.07) is 57.5. The first-order valence-electron chi connectivity index (χ1n) is 19.4. The summed E-state index contributed by atoms with van der Waals surface area (Å²) >= 11 is 0. The van der Waals surface area contributed by atoms with Crippen molar-refractivity contribution in [3.8, 4) is 6.07 Å². The number of halogens is 6. The van der Waals surface area contributed by atoms with Crippen molar-refractivity contribution in [3.63, 3.8) is 0 Å². The van der Waals surface area contributed by atoms with E-state index in [0.717, 1.165) is 17.8 Å². The van der Waals surface area contributed by atoms with Crippen LogP contribution in [0.25, 0.3) is 0 Å². The Morgan fingerprint density at radius 3 is 0.903 bits per heavy atom. The second-order valence-corrected chi connectivity index (χ2v) is 21.8. The average Bonchev–Trinajstić information content (AvgIpc) is 3.80. The third-order valence-corrected chi connectivity index (χ3v) is 12.8. The first-order chi connectivity index (χ1) is 28.5. The van der Waals surface area contributed by atoms with Gasteiger partial charge in [0.05, 0.1) is 16.9 Å². The van der Waals surface area contributed by atoms with Crippen LogP contribution in [0.2, 0.25) is 0 Å². The summed E-state index contributed by atoms with van der Waals surface area (Å²) in [5.74, 6) is 0. The van der Waals surface area contributed by atoms with Gasteiger partial charge in [-0.3, -0.25) is 9.97 Å². The van der Waals surface area contributed by atoms with Crippen molar-refractivity contribution in [2.24, 2.45) is 0 Å². The van der Waals surface area contributed by atoms with Gasteiger partial charge < -0.3 is 0 Å². The predicted molar refractivity (Wildman–Crippen MR) is 251 cm³/mol. The van der Waals surface area contributed by atoms with Crippen LogP contribution in [0.3, 0.4) is 0 Å². The number of aromatic nitrogens is 2. The van der Waals surface area contributed by atoms with E-state index in [4.69, 9.17) is 15.2 Å². The summed E-state index contributed by atoms with van der Waals surface area (Å²) in [4.78, 5) is 10.1. The Hall–Kier alpha value is -4.36. The zero-order valence-corrected chi connectivity index (χ0v) is 40.3. The number of rotatable bonds is 6. The van der Waals surface area contributed by atoms with Gasteiger partial charge in [0, 0.05) is 45.0 Å². The summed E-state index contributed by atoms with van der Waals surface area (Å²) in [5, 5.41) is 12.7. The van der Waals surface area contributed by atoms with Gasteiger partial charge in [0.1, 0.15) is 0 Å². The van der Waals surface area contributed by atoms with E-state index in [2.05, 4.69) is 224 Å². The standard InChI is InChI=1S/2C21H22NP.C5H6.C2H3N.F6P.Ru/c2*1-21(2,3)19-15-10-16-20(22-19)23(17-11-6-4-7-12-17)18-13-8-5-9-14-18;1-2-4-5-3-1;1-2-3;1-7(2,3,4,5)6;/h2*4-16H,1-3H3;1-4H,5H2;1H3;;/q;;;;-1;+1. The van der Waals surface area contributed by atoms with Gasteiger partial charge in [-0.15, -0.1) is 0 Å². The van der Waals surface area contributed by atoms with Crippen molar-refractivity contribution in [2.75, 3.05) is 0 Å². The minimum absolute atomic E-state index is 0. The van der Waals surface area contributed by atoms with Crippen molar-refractivity contribution in [3.05, 3.63) is 193 Å². The Morgan fingerprint density at radius 2 is 0.710 bits per heavy atom. The molecule has 0 spiro atoms. The zero-order valence-electron chi connectivity index (χ0n) is 35.8. The van der Waals surface area contributed by atoms with E-state index in [1.807, 2.05) is 0 Å². The van der Waals surface area contributed by atoms with Gasteiger partial charge in [-0.1, -0.05) is 199 Å². The van der Waals surface area contributed by atoms with E-state index < -0.39 is 23.7 Å². The number of allylic oxidation sites excluding steroid dienone is 4. The van der Waals surface area contributed by atoms with Gasteiger partial charge in [-0.2, -0.15) is 5.26 Å². The summed E-state index contributed by atoms with van der Waals surface area (Å²) in [6.07, 6.45) is 9.50. The number of pyridine rings is 2. The normalized spacial score (nSPS) is 12.8. The van der Waals surface area contributed by atoms with Gasteiger partial charge in [-0.05, 0) is 51.9 Å². The Kier molecular flexibility index (Phi) is 20.3. The fraction of sp³-hybridized carbons (Fsp3) is 0.204. The molecule has 2 heterocycles. The van der Waals surface area contributed by atoms with Gasteiger partial charge >= 0.3 is 52.5 Å². The molecule has 0 amide bonds. The molecule has 1 aliphatic rings. The molecule has 1 aliphatic carbocycles. The summed E-state index contributed by atoms with van der Waals surface area (Å²) < 4.78 is 59.2. The SMILES string of the molecule is C1=CCC=C1.CC#N.CC(C)(C)c1cccc(P(c2ccccc2)c2ccccc2)n1.CC(C)(C)c1cccc(P(c2ccccc2)c2ccccc2)n1.F[P-](F)(F)(F)(F)F.[Ru+]. The van der Waals surface area contributed by atoms with Crippen molar-refractivity contribution < 1.29 is 44.7 Å². The molecule has 0 bridgehead atoms. The van der Waals surface area contributed by atoms with E-state index in [1.165, 1.54) is 39.0 Å². The number of nitriles is 1. The molecule has 4 aromatic carbocycles. The van der Waals surface area contributed by atoms with Crippen LogP contribution in [0, 0.1) is 11.3 Å². The van der Waals surface area contributed by atoms with Crippen molar-refractivity contribution >= 4 is 55.7 Å². The van der Waals surface area contributed by atoms with Crippen LogP contribution in [-0.4, -0.2) is 9.97 Å². The van der Waals surface area contributed by atoms with Gasteiger partial charge in [0.25, 0.3) is 0 Å². The molecular weight excluding hydrogens is 939 g/mol. The fourth-order valence-electron chi connectivity index (χ4n) is 5.46. The largest absolute Gasteiger partial charge is 1.00 e. The first kappa shape index (κ1) is 53.8. The molecule has 0 atom stereocenters. The summed E-state index contributed by atoms with van der Waals surface area (Å²) in [7, 11) is -11.9. The molecule has 0 fully saturated rings.